The van der Waals surface area contributed by atoms with Crippen molar-refractivity contribution in [1.29, 1.82) is 0 Å². The van der Waals surface area contributed by atoms with Gasteiger partial charge in [-0.1, -0.05) is 0 Å². The van der Waals surface area contributed by atoms with Crippen LogP contribution in [0.4, 0.5) is 4.79 Å². The molecule has 1 amide bonds. The summed E-state index contributed by atoms with van der Waals surface area (Å²) in [5.74, 6) is -1.18. The van der Waals surface area contributed by atoms with Gasteiger partial charge >= 0.3 is 12.1 Å². The van der Waals surface area contributed by atoms with Gasteiger partial charge in [0.25, 0.3) is 0 Å². The zero-order valence-corrected chi connectivity index (χ0v) is 11.6. The number of ether oxygens (including phenoxy) is 2. The molecule has 2 bridgehead atoms. The van der Waals surface area contributed by atoms with Crippen molar-refractivity contribution in [3.63, 3.8) is 0 Å². The Morgan fingerprint density at radius 2 is 1.74 bits per heavy atom. The van der Waals surface area contributed by atoms with Gasteiger partial charge in [0.05, 0.1) is 31.2 Å². The Hall–Kier alpha value is -1.30. The Morgan fingerprint density at radius 1 is 1.21 bits per heavy atom. The number of carbonyl (C=O) groups is 2. The first-order chi connectivity index (χ1) is 8.78. The summed E-state index contributed by atoms with van der Waals surface area (Å²) in [6, 6.07) is -0.383. The van der Waals surface area contributed by atoms with Crippen molar-refractivity contribution >= 4 is 12.1 Å². The molecule has 2 atom stereocenters. The number of carboxylic acid groups (broad SMARTS) is 1. The van der Waals surface area contributed by atoms with Crippen LogP contribution in [-0.4, -0.2) is 53.0 Å². The predicted octanol–water partition coefficient (Wildman–Crippen LogP) is 1.49. The van der Waals surface area contributed by atoms with Gasteiger partial charge < -0.3 is 14.6 Å². The number of nitrogens with zero attached hydrogens (tertiary/aromatic N) is 1. The molecule has 0 saturated carbocycles. The number of hydrogen-bond donors (Lipinski definition) is 1. The van der Waals surface area contributed by atoms with Crippen LogP contribution in [0.25, 0.3) is 0 Å². The lowest BCUT2D eigenvalue weighted by molar-refractivity contribution is -0.150. The van der Waals surface area contributed by atoms with Crippen molar-refractivity contribution in [2.75, 3.05) is 13.2 Å². The summed E-state index contributed by atoms with van der Waals surface area (Å²) < 4.78 is 10.8. The number of amides is 1. The molecule has 1 N–H and O–H groups in total. The molecule has 0 aromatic carbocycles. The van der Waals surface area contributed by atoms with E-state index in [1.54, 1.807) is 4.90 Å². The molecule has 6 heteroatoms. The van der Waals surface area contributed by atoms with Crippen molar-refractivity contribution in [2.45, 2.75) is 51.3 Å². The van der Waals surface area contributed by atoms with Crippen molar-refractivity contribution in [3.05, 3.63) is 0 Å². The molecule has 0 aromatic rings. The van der Waals surface area contributed by atoms with Gasteiger partial charge in [0.1, 0.15) is 5.60 Å². The van der Waals surface area contributed by atoms with Gasteiger partial charge in [-0.3, -0.25) is 9.69 Å². The number of piperidine rings is 1. The summed E-state index contributed by atoms with van der Waals surface area (Å²) in [5.41, 5.74) is -0.546. The summed E-state index contributed by atoms with van der Waals surface area (Å²) in [5, 5.41) is 9.13. The predicted molar refractivity (Wildman–Crippen MR) is 66.8 cm³/mol. The molecule has 2 unspecified atom stereocenters. The first-order valence-electron chi connectivity index (χ1n) is 6.60. The molecule has 2 saturated heterocycles. The number of morpholine rings is 1. The highest BCUT2D eigenvalue weighted by atomic mass is 16.6. The molecule has 0 spiro atoms. The topological polar surface area (TPSA) is 76.1 Å². The molecular formula is C13H21NO5. The highest BCUT2D eigenvalue weighted by Crippen LogP contribution is 2.32. The van der Waals surface area contributed by atoms with E-state index >= 15 is 0 Å². The molecule has 0 aliphatic carbocycles. The van der Waals surface area contributed by atoms with Crippen LogP contribution in [0, 0.1) is 5.92 Å². The smallest absolute Gasteiger partial charge is 0.410 e. The first kappa shape index (κ1) is 14.1. The summed E-state index contributed by atoms with van der Waals surface area (Å²) in [7, 11) is 0. The van der Waals surface area contributed by atoms with Gasteiger partial charge in [-0.25, -0.2) is 4.79 Å². The van der Waals surface area contributed by atoms with Crippen molar-refractivity contribution in [2.24, 2.45) is 5.92 Å². The maximum Gasteiger partial charge on any atom is 0.410 e. The lowest BCUT2D eigenvalue weighted by atomic mass is 9.85. The molecule has 2 fully saturated rings. The van der Waals surface area contributed by atoms with E-state index < -0.39 is 17.5 Å². The molecule has 0 aromatic heterocycles. The lowest BCUT2D eigenvalue weighted by Crippen LogP contribution is -2.60. The standard InChI is InChI=1S/C13H21NO5/c1-13(2,3)19-12(17)14-9-4-8(11(15)16)5-10(14)7-18-6-9/h8-10H,4-7H2,1-3H3,(H,15,16). The van der Waals surface area contributed by atoms with Crippen LogP contribution in [0.2, 0.25) is 0 Å². The minimum atomic E-state index is -0.791. The van der Waals surface area contributed by atoms with Gasteiger partial charge in [-0.2, -0.15) is 0 Å². The van der Waals surface area contributed by atoms with Crippen LogP contribution >= 0.6 is 0 Å². The molecular weight excluding hydrogens is 250 g/mol. The number of carboxylic acids is 1. The fourth-order valence-corrected chi connectivity index (χ4v) is 2.73. The van der Waals surface area contributed by atoms with E-state index in [2.05, 4.69) is 0 Å². The van der Waals surface area contributed by atoms with Crippen molar-refractivity contribution < 1.29 is 24.2 Å². The van der Waals surface area contributed by atoms with E-state index in [0.717, 1.165) is 0 Å². The number of hydrogen-bond acceptors (Lipinski definition) is 4. The highest BCUT2D eigenvalue weighted by Gasteiger charge is 2.45. The van der Waals surface area contributed by atoms with Gasteiger partial charge in [-0.15, -0.1) is 0 Å². The van der Waals surface area contributed by atoms with Gasteiger partial charge in [-0.05, 0) is 33.6 Å². The average molecular weight is 271 g/mol. The van der Waals surface area contributed by atoms with E-state index in [4.69, 9.17) is 14.6 Å². The van der Waals surface area contributed by atoms with Crippen molar-refractivity contribution in [1.82, 2.24) is 4.90 Å². The normalized spacial score (nSPS) is 30.9. The number of rotatable bonds is 1. The van der Waals surface area contributed by atoms with Crippen LogP contribution in [0.3, 0.4) is 0 Å². The Balaban J connectivity index is 2.10. The van der Waals surface area contributed by atoms with Gasteiger partial charge in [0.15, 0.2) is 0 Å². The third-order valence-electron chi connectivity index (χ3n) is 3.47. The average Bonchev–Trinajstić information content (AvgIpc) is 2.24. The van der Waals surface area contributed by atoms with Crippen LogP contribution in [0.5, 0.6) is 0 Å². The second kappa shape index (κ2) is 5.00. The monoisotopic (exact) mass is 271 g/mol. The fourth-order valence-electron chi connectivity index (χ4n) is 2.73. The third-order valence-corrected chi connectivity index (χ3v) is 3.47. The second-order valence-corrected chi connectivity index (χ2v) is 6.24. The molecule has 0 radical (unpaired) electrons. The highest BCUT2D eigenvalue weighted by molar-refractivity contribution is 5.73. The Labute approximate surface area is 112 Å². The molecule has 2 rings (SSSR count). The second-order valence-electron chi connectivity index (χ2n) is 6.24. The van der Waals surface area contributed by atoms with Gasteiger partial charge in [0.2, 0.25) is 0 Å². The summed E-state index contributed by atoms with van der Waals surface area (Å²) >= 11 is 0. The quantitative estimate of drug-likeness (QED) is 0.782. The molecule has 2 aliphatic heterocycles. The number of aliphatic carboxylic acids is 1. The maximum atomic E-state index is 12.2. The van der Waals surface area contributed by atoms with Crippen LogP contribution in [-0.2, 0) is 14.3 Å². The van der Waals surface area contributed by atoms with E-state index in [1.807, 2.05) is 20.8 Å². The molecule has 108 valence electrons. The molecule has 2 aliphatic rings. The fraction of sp³-hybridized carbons (Fsp3) is 0.846. The molecule has 2 heterocycles. The van der Waals surface area contributed by atoms with Crippen LogP contribution in [0.1, 0.15) is 33.6 Å². The minimum Gasteiger partial charge on any atom is -0.481 e. The summed E-state index contributed by atoms with van der Waals surface area (Å²) in [6.45, 7) is 6.24. The SMILES string of the molecule is CC(C)(C)OC(=O)N1C2COCC1CC(C(=O)O)C2. The third kappa shape index (κ3) is 3.18. The zero-order valence-electron chi connectivity index (χ0n) is 11.6. The summed E-state index contributed by atoms with van der Waals surface area (Å²) in [6.07, 6.45) is 0.505. The van der Waals surface area contributed by atoms with Crippen molar-refractivity contribution in [3.8, 4) is 0 Å². The number of carbonyl (C=O) groups excluding carboxylic acids is 1. The number of fused-ring (bicyclic) bond motifs is 2. The van der Waals surface area contributed by atoms with E-state index in [9.17, 15) is 9.59 Å². The molecule has 19 heavy (non-hydrogen) atoms. The van der Waals surface area contributed by atoms with E-state index in [1.165, 1.54) is 0 Å². The van der Waals surface area contributed by atoms with Crippen LogP contribution in [0.15, 0.2) is 0 Å². The van der Waals surface area contributed by atoms with Crippen LogP contribution < -0.4 is 0 Å². The molecule has 6 nitrogen and oxygen atoms in total. The first-order valence-corrected chi connectivity index (χ1v) is 6.60. The zero-order chi connectivity index (χ0) is 14.2. The maximum absolute atomic E-state index is 12.2. The Kier molecular flexibility index (Phi) is 3.71. The van der Waals surface area contributed by atoms with Gasteiger partial charge in [0, 0.05) is 0 Å². The Bertz CT molecular complexity index is 362. The van der Waals surface area contributed by atoms with E-state index in [-0.39, 0.29) is 18.2 Å². The summed E-state index contributed by atoms with van der Waals surface area (Å²) in [4.78, 5) is 25.0. The van der Waals surface area contributed by atoms with E-state index in [0.29, 0.717) is 26.1 Å². The minimum absolute atomic E-state index is 0.191. The Morgan fingerprint density at radius 3 is 2.16 bits per heavy atom. The largest absolute Gasteiger partial charge is 0.481 e. The lowest BCUT2D eigenvalue weighted by Gasteiger charge is -2.47.